The number of anilines is 1. The van der Waals surface area contributed by atoms with E-state index in [0.29, 0.717) is 17.9 Å². The summed E-state index contributed by atoms with van der Waals surface area (Å²) in [6.07, 6.45) is 7.75. The zero-order valence-corrected chi connectivity index (χ0v) is 14.0. The molecule has 1 aliphatic heterocycles. The van der Waals surface area contributed by atoms with E-state index in [9.17, 15) is 4.79 Å². The van der Waals surface area contributed by atoms with Gasteiger partial charge in [-0.05, 0) is 50.3 Å². The standard InChI is InChI=1S/C19H23N3O2/c1-13-12-24-18(20-13)15-6-4-7-16(11-15)21-19(23)22-10-9-14-5-2-3-8-17(14)22/h4,6-7,11-12,14,17H,2-3,5,8-10H2,1H3,(H,21,23)/t14-,17-/m1/s1. The molecule has 2 heterocycles. The van der Waals surface area contributed by atoms with Crippen LogP contribution in [0.15, 0.2) is 34.9 Å². The van der Waals surface area contributed by atoms with Crippen molar-refractivity contribution in [1.29, 1.82) is 0 Å². The number of urea groups is 1. The molecule has 1 N–H and O–H groups in total. The van der Waals surface area contributed by atoms with Gasteiger partial charge in [-0.15, -0.1) is 0 Å². The van der Waals surface area contributed by atoms with E-state index in [2.05, 4.69) is 10.3 Å². The van der Waals surface area contributed by atoms with Gasteiger partial charge < -0.3 is 14.6 Å². The third-order valence-corrected chi connectivity index (χ3v) is 5.25. The maximum Gasteiger partial charge on any atom is 0.322 e. The number of nitrogens with one attached hydrogen (secondary N) is 1. The smallest absolute Gasteiger partial charge is 0.322 e. The summed E-state index contributed by atoms with van der Waals surface area (Å²) in [6, 6.07) is 8.12. The Balaban J connectivity index is 1.48. The molecular weight excluding hydrogens is 302 g/mol. The lowest BCUT2D eigenvalue weighted by atomic mass is 9.85. The summed E-state index contributed by atoms with van der Waals surface area (Å²) in [5, 5.41) is 3.05. The molecule has 2 aromatic rings. The van der Waals surface area contributed by atoms with Crippen LogP contribution in [0.5, 0.6) is 0 Å². The molecule has 0 radical (unpaired) electrons. The van der Waals surface area contributed by atoms with Crippen LogP contribution in [0.2, 0.25) is 0 Å². The summed E-state index contributed by atoms with van der Waals surface area (Å²) in [6.45, 7) is 2.77. The number of aryl methyl sites for hydroxylation is 1. The Labute approximate surface area is 142 Å². The van der Waals surface area contributed by atoms with Gasteiger partial charge in [-0.1, -0.05) is 18.9 Å². The van der Waals surface area contributed by atoms with E-state index in [-0.39, 0.29) is 6.03 Å². The highest BCUT2D eigenvalue weighted by molar-refractivity contribution is 5.90. The molecule has 2 amide bonds. The van der Waals surface area contributed by atoms with Crippen molar-refractivity contribution in [2.24, 2.45) is 5.92 Å². The molecule has 2 aliphatic rings. The summed E-state index contributed by atoms with van der Waals surface area (Å²) in [5.74, 6) is 1.28. The van der Waals surface area contributed by atoms with Crippen LogP contribution in [0.3, 0.4) is 0 Å². The minimum absolute atomic E-state index is 0.0186. The fraction of sp³-hybridized carbons (Fsp3) is 0.474. The van der Waals surface area contributed by atoms with Gasteiger partial charge in [-0.3, -0.25) is 0 Å². The number of hydrogen-bond acceptors (Lipinski definition) is 3. The molecule has 126 valence electrons. The lowest BCUT2D eigenvalue weighted by Gasteiger charge is -2.31. The number of hydrogen-bond donors (Lipinski definition) is 1. The van der Waals surface area contributed by atoms with Crippen LogP contribution in [0, 0.1) is 12.8 Å². The Morgan fingerprint density at radius 3 is 3.00 bits per heavy atom. The number of fused-ring (bicyclic) bond motifs is 1. The van der Waals surface area contributed by atoms with E-state index < -0.39 is 0 Å². The average molecular weight is 325 g/mol. The molecule has 1 aliphatic carbocycles. The molecule has 0 unspecified atom stereocenters. The molecule has 4 rings (SSSR count). The topological polar surface area (TPSA) is 58.4 Å². The normalized spacial score (nSPS) is 23.1. The van der Waals surface area contributed by atoms with Crippen molar-refractivity contribution in [3.05, 3.63) is 36.2 Å². The molecule has 0 spiro atoms. The van der Waals surface area contributed by atoms with Crippen molar-refractivity contribution in [2.75, 3.05) is 11.9 Å². The van der Waals surface area contributed by atoms with Crippen LogP contribution in [-0.4, -0.2) is 28.5 Å². The number of amides is 2. The minimum Gasteiger partial charge on any atom is -0.444 e. The first-order valence-electron chi connectivity index (χ1n) is 8.81. The molecule has 5 nitrogen and oxygen atoms in total. The van der Waals surface area contributed by atoms with Gasteiger partial charge in [-0.2, -0.15) is 0 Å². The first-order chi connectivity index (χ1) is 11.7. The van der Waals surface area contributed by atoms with E-state index in [0.717, 1.165) is 36.3 Å². The number of carbonyl (C=O) groups excluding carboxylic acids is 1. The van der Waals surface area contributed by atoms with E-state index >= 15 is 0 Å². The highest BCUT2D eigenvalue weighted by atomic mass is 16.3. The van der Waals surface area contributed by atoms with Crippen molar-refractivity contribution >= 4 is 11.7 Å². The summed E-state index contributed by atoms with van der Waals surface area (Å²) >= 11 is 0. The highest BCUT2D eigenvalue weighted by Crippen LogP contribution is 2.36. The summed E-state index contributed by atoms with van der Waals surface area (Å²) in [7, 11) is 0. The molecule has 5 heteroatoms. The van der Waals surface area contributed by atoms with Crippen LogP contribution in [0.25, 0.3) is 11.5 Å². The number of likely N-dealkylation sites (tertiary alicyclic amines) is 1. The van der Waals surface area contributed by atoms with Gasteiger partial charge in [0.1, 0.15) is 6.26 Å². The fourth-order valence-electron chi connectivity index (χ4n) is 4.07. The van der Waals surface area contributed by atoms with Gasteiger partial charge in [0.15, 0.2) is 0 Å². The number of aromatic nitrogens is 1. The van der Waals surface area contributed by atoms with Crippen LogP contribution in [0.1, 0.15) is 37.8 Å². The van der Waals surface area contributed by atoms with Gasteiger partial charge >= 0.3 is 6.03 Å². The van der Waals surface area contributed by atoms with E-state index in [1.807, 2.05) is 36.1 Å². The van der Waals surface area contributed by atoms with E-state index in [4.69, 9.17) is 4.42 Å². The second-order valence-electron chi connectivity index (χ2n) is 6.90. The SMILES string of the molecule is Cc1coc(-c2cccc(NC(=O)N3CC[C@H]4CCCC[C@H]43)c2)n1. The van der Waals surface area contributed by atoms with Crippen LogP contribution in [0.4, 0.5) is 10.5 Å². The second-order valence-corrected chi connectivity index (χ2v) is 6.90. The molecule has 1 saturated heterocycles. The Morgan fingerprint density at radius 1 is 1.29 bits per heavy atom. The maximum atomic E-state index is 12.7. The summed E-state index contributed by atoms with van der Waals surface area (Å²) in [5.41, 5.74) is 2.50. The number of benzene rings is 1. The lowest BCUT2D eigenvalue weighted by Crippen LogP contribution is -2.41. The summed E-state index contributed by atoms with van der Waals surface area (Å²) < 4.78 is 5.45. The van der Waals surface area contributed by atoms with E-state index in [1.165, 1.54) is 19.3 Å². The maximum absolute atomic E-state index is 12.7. The molecule has 1 saturated carbocycles. The summed E-state index contributed by atoms with van der Waals surface area (Å²) in [4.78, 5) is 19.1. The Kier molecular flexibility index (Phi) is 4.00. The number of carbonyl (C=O) groups is 1. The second kappa shape index (κ2) is 6.30. The molecule has 0 bridgehead atoms. The molecular formula is C19H23N3O2. The zero-order valence-electron chi connectivity index (χ0n) is 14.0. The third-order valence-electron chi connectivity index (χ3n) is 5.25. The zero-order chi connectivity index (χ0) is 16.5. The number of nitrogens with zero attached hydrogens (tertiary/aromatic N) is 2. The van der Waals surface area contributed by atoms with E-state index in [1.54, 1.807) is 6.26 Å². The first-order valence-corrected chi connectivity index (χ1v) is 8.81. The number of oxazole rings is 1. The van der Waals surface area contributed by atoms with Crippen molar-refractivity contribution in [1.82, 2.24) is 9.88 Å². The van der Waals surface area contributed by atoms with Gasteiger partial charge in [0.25, 0.3) is 0 Å². The minimum atomic E-state index is 0.0186. The van der Waals surface area contributed by atoms with Crippen molar-refractivity contribution in [3.8, 4) is 11.5 Å². The fourth-order valence-corrected chi connectivity index (χ4v) is 4.07. The molecule has 1 aromatic heterocycles. The Morgan fingerprint density at radius 2 is 2.17 bits per heavy atom. The van der Waals surface area contributed by atoms with Gasteiger partial charge in [0.05, 0.1) is 5.69 Å². The molecule has 2 atom stereocenters. The molecule has 24 heavy (non-hydrogen) atoms. The molecule has 1 aromatic carbocycles. The molecule has 2 fully saturated rings. The van der Waals surface area contributed by atoms with Gasteiger partial charge in [0.2, 0.25) is 5.89 Å². The largest absolute Gasteiger partial charge is 0.444 e. The monoisotopic (exact) mass is 325 g/mol. The van der Waals surface area contributed by atoms with Crippen LogP contribution < -0.4 is 5.32 Å². The third kappa shape index (κ3) is 2.90. The highest BCUT2D eigenvalue weighted by Gasteiger charge is 2.38. The first kappa shape index (κ1) is 15.2. The van der Waals surface area contributed by atoms with Crippen molar-refractivity contribution < 1.29 is 9.21 Å². The predicted octanol–water partition coefficient (Wildman–Crippen LogP) is 4.45. The lowest BCUT2D eigenvalue weighted by molar-refractivity contribution is 0.182. The van der Waals surface area contributed by atoms with Crippen LogP contribution in [-0.2, 0) is 0 Å². The van der Waals surface area contributed by atoms with Crippen molar-refractivity contribution in [3.63, 3.8) is 0 Å². The predicted molar refractivity (Wildman–Crippen MR) is 92.8 cm³/mol. The number of rotatable bonds is 2. The van der Waals surface area contributed by atoms with Gasteiger partial charge in [-0.25, -0.2) is 9.78 Å². The van der Waals surface area contributed by atoms with Crippen molar-refractivity contribution in [2.45, 2.75) is 45.1 Å². The van der Waals surface area contributed by atoms with Crippen LogP contribution >= 0.6 is 0 Å². The Bertz CT molecular complexity index is 740. The average Bonchev–Trinajstić information content (AvgIpc) is 3.21. The van der Waals surface area contributed by atoms with Gasteiger partial charge in [0, 0.05) is 23.8 Å². The quantitative estimate of drug-likeness (QED) is 0.887. The Hall–Kier alpha value is -2.30.